The Morgan fingerprint density at radius 3 is 2.49 bits per heavy atom. The Bertz CT molecular complexity index is 1460. The van der Waals surface area contributed by atoms with Gasteiger partial charge in [0.1, 0.15) is 11.9 Å². The maximum Gasteiger partial charge on any atom is 0.228 e. The van der Waals surface area contributed by atoms with Gasteiger partial charge in [0, 0.05) is 25.4 Å². The van der Waals surface area contributed by atoms with Crippen molar-refractivity contribution < 1.29 is 4.79 Å². The summed E-state index contributed by atoms with van der Waals surface area (Å²) >= 11 is 0. The highest BCUT2D eigenvalue weighted by Crippen LogP contribution is 2.40. The van der Waals surface area contributed by atoms with Gasteiger partial charge in [0.15, 0.2) is 0 Å². The summed E-state index contributed by atoms with van der Waals surface area (Å²) in [6.07, 6.45) is 14.9. The van der Waals surface area contributed by atoms with E-state index in [0.29, 0.717) is 18.0 Å². The van der Waals surface area contributed by atoms with Crippen molar-refractivity contribution in [2.75, 3.05) is 0 Å². The molecule has 1 aliphatic carbocycles. The molecule has 1 fully saturated rings. The molecule has 6 heteroatoms. The van der Waals surface area contributed by atoms with Gasteiger partial charge in [-0.25, -0.2) is 9.97 Å². The largest absolute Gasteiger partial charge is 0.351 e. The second kappa shape index (κ2) is 14.9. The molecule has 2 heterocycles. The third-order valence-electron chi connectivity index (χ3n) is 8.95. The van der Waals surface area contributed by atoms with Crippen molar-refractivity contribution in [1.82, 2.24) is 15.3 Å². The molecule has 1 N–H and O–H groups in total. The average molecular weight is 574 g/mol. The summed E-state index contributed by atoms with van der Waals surface area (Å²) in [5, 5.41) is 12.8. The lowest BCUT2D eigenvalue weighted by Gasteiger charge is -2.33. The number of benzene rings is 2. The van der Waals surface area contributed by atoms with Crippen LogP contribution in [0.25, 0.3) is 5.57 Å². The number of nitrogens with one attached hydrogen (secondary N) is 1. The summed E-state index contributed by atoms with van der Waals surface area (Å²) in [4.78, 5) is 27.6. The molecular formula is C37H43N5O. The van der Waals surface area contributed by atoms with Crippen molar-refractivity contribution >= 4 is 17.7 Å². The number of hydrogen-bond donors (Lipinski definition) is 1. The minimum absolute atomic E-state index is 0.0995. The summed E-state index contributed by atoms with van der Waals surface area (Å²) in [7, 11) is 0. The Balaban J connectivity index is 1.27. The van der Waals surface area contributed by atoms with E-state index in [1.54, 1.807) is 6.20 Å². The molecular weight excluding hydrogens is 530 g/mol. The molecule has 0 saturated heterocycles. The van der Waals surface area contributed by atoms with Gasteiger partial charge in [0.05, 0.1) is 23.2 Å². The first-order valence-corrected chi connectivity index (χ1v) is 16.0. The molecule has 43 heavy (non-hydrogen) atoms. The normalized spacial score (nSPS) is 20.3. The third-order valence-corrected chi connectivity index (χ3v) is 8.95. The molecule has 2 unspecified atom stereocenters. The lowest BCUT2D eigenvalue weighted by Crippen LogP contribution is -2.35. The first-order valence-electron chi connectivity index (χ1n) is 16.0. The first-order chi connectivity index (χ1) is 21.0. The van der Waals surface area contributed by atoms with E-state index in [2.05, 4.69) is 65.6 Å². The molecule has 3 aromatic rings. The van der Waals surface area contributed by atoms with Gasteiger partial charge < -0.3 is 5.32 Å². The van der Waals surface area contributed by atoms with Crippen molar-refractivity contribution in [2.45, 2.75) is 90.1 Å². The maximum absolute atomic E-state index is 13.8. The molecule has 0 bridgehead atoms. The zero-order valence-corrected chi connectivity index (χ0v) is 25.5. The van der Waals surface area contributed by atoms with Gasteiger partial charge in [-0.15, -0.1) is 0 Å². The zero-order chi connectivity index (χ0) is 30.0. The van der Waals surface area contributed by atoms with Gasteiger partial charge in [-0.1, -0.05) is 80.4 Å². The Labute approximate surface area is 256 Å². The standard InChI is InChI=1S/C37H43N5O/c1-3-4-6-11-34-33(22-38)25-40-35(42-34)21-27-12-14-30(15-13-27)36(37(43)41-23-28-9-7-5-8-10-28)31-18-16-29(17-19-31)32-20-26(2)39-24-32/h5,7-10,16-20,24-27,30,36H,3-4,6,11-15,21,23H2,1-2H3,(H,41,43)/t26?,27-,30-,36?. The van der Waals surface area contributed by atoms with Gasteiger partial charge in [-0.05, 0) is 79.5 Å². The number of carbonyl (C=O) groups excluding carboxylic acids is 1. The van der Waals surface area contributed by atoms with E-state index < -0.39 is 0 Å². The van der Waals surface area contributed by atoms with Crippen LogP contribution in [0.1, 0.15) is 98.5 Å². The molecule has 6 nitrogen and oxygen atoms in total. The minimum Gasteiger partial charge on any atom is -0.351 e. The second-order valence-corrected chi connectivity index (χ2v) is 12.1. The SMILES string of the molecule is CCCCCc1nc(C[C@H]2CC[C@H](C(C(=O)NCc3ccccc3)c3ccc(C4=CC(C)N=C4)cc3)CC2)ncc1C#N. The Morgan fingerprint density at radius 2 is 1.81 bits per heavy atom. The van der Waals surface area contributed by atoms with E-state index in [1.807, 2.05) is 36.5 Å². The average Bonchev–Trinajstić information content (AvgIpc) is 3.48. The van der Waals surface area contributed by atoms with Crippen LogP contribution in [0.4, 0.5) is 0 Å². The predicted octanol–water partition coefficient (Wildman–Crippen LogP) is 7.39. The van der Waals surface area contributed by atoms with Crippen LogP contribution in [0, 0.1) is 23.2 Å². The Morgan fingerprint density at radius 1 is 1.05 bits per heavy atom. The minimum atomic E-state index is -0.194. The van der Waals surface area contributed by atoms with Crippen LogP contribution >= 0.6 is 0 Å². The Hall–Kier alpha value is -4.11. The molecule has 0 spiro atoms. The number of amides is 1. The van der Waals surface area contributed by atoms with Crippen molar-refractivity contribution in [3.8, 4) is 6.07 Å². The molecule has 2 atom stereocenters. The number of carbonyl (C=O) groups is 1. The molecule has 0 radical (unpaired) electrons. The highest BCUT2D eigenvalue weighted by Gasteiger charge is 2.33. The van der Waals surface area contributed by atoms with Gasteiger partial charge in [0.25, 0.3) is 0 Å². The van der Waals surface area contributed by atoms with Crippen LogP contribution in [0.3, 0.4) is 0 Å². The summed E-state index contributed by atoms with van der Waals surface area (Å²) in [5.74, 6) is 1.51. The Kier molecular flexibility index (Phi) is 10.5. The monoisotopic (exact) mass is 573 g/mol. The first kappa shape index (κ1) is 30.4. The number of rotatable bonds is 12. The molecule has 1 saturated carbocycles. The van der Waals surface area contributed by atoms with Crippen molar-refractivity contribution in [2.24, 2.45) is 16.8 Å². The van der Waals surface area contributed by atoms with Crippen molar-refractivity contribution in [1.29, 1.82) is 5.26 Å². The number of nitriles is 1. The number of aliphatic imine (C=N–C) groups is 1. The molecule has 1 aromatic heterocycles. The lowest BCUT2D eigenvalue weighted by atomic mass is 9.72. The number of unbranched alkanes of at least 4 members (excludes halogenated alkanes) is 2. The fourth-order valence-corrected chi connectivity index (χ4v) is 6.50. The summed E-state index contributed by atoms with van der Waals surface area (Å²) < 4.78 is 0. The second-order valence-electron chi connectivity index (χ2n) is 12.1. The number of allylic oxidation sites excluding steroid dienone is 1. The van der Waals surface area contributed by atoms with Crippen LogP contribution in [0.15, 0.2) is 71.9 Å². The summed E-state index contributed by atoms with van der Waals surface area (Å²) in [6.45, 7) is 4.80. The van der Waals surface area contributed by atoms with E-state index in [9.17, 15) is 10.1 Å². The van der Waals surface area contributed by atoms with Crippen LogP contribution in [-0.2, 0) is 24.2 Å². The fraction of sp³-hybridized carbons (Fsp3) is 0.432. The van der Waals surface area contributed by atoms with Crippen LogP contribution in [-0.4, -0.2) is 28.1 Å². The number of aryl methyl sites for hydroxylation is 1. The predicted molar refractivity (Wildman–Crippen MR) is 173 cm³/mol. The van der Waals surface area contributed by atoms with Gasteiger partial charge in [0.2, 0.25) is 5.91 Å². The lowest BCUT2D eigenvalue weighted by molar-refractivity contribution is -0.124. The summed E-state index contributed by atoms with van der Waals surface area (Å²) in [5.41, 5.74) is 5.95. The number of nitrogens with zero attached hydrogens (tertiary/aromatic N) is 4. The molecule has 222 valence electrons. The van der Waals surface area contributed by atoms with Crippen LogP contribution in [0.5, 0.6) is 0 Å². The van der Waals surface area contributed by atoms with E-state index in [1.165, 1.54) is 0 Å². The zero-order valence-electron chi connectivity index (χ0n) is 25.5. The van der Waals surface area contributed by atoms with Crippen molar-refractivity contribution in [3.63, 3.8) is 0 Å². The number of hydrogen-bond acceptors (Lipinski definition) is 5. The van der Waals surface area contributed by atoms with Gasteiger partial charge in [-0.3, -0.25) is 9.79 Å². The fourth-order valence-electron chi connectivity index (χ4n) is 6.50. The quantitative estimate of drug-likeness (QED) is 0.229. The molecule has 2 aliphatic rings. The highest BCUT2D eigenvalue weighted by molar-refractivity contribution is 6.11. The van der Waals surface area contributed by atoms with Crippen molar-refractivity contribution in [3.05, 3.63) is 101 Å². The van der Waals surface area contributed by atoms with Crippen LogP contribution in [0.2, 0.25) is 0 Å². The van der Waals surface area contributed by atoms with Crippen LogP contribution < -0.4 is 5.32 Å². The number of aromatic nitrogens is 2. The smallest absolute Gasteiger partial charge is 0.228 e. The third kappa shape index (κ3) is 8.04. The maximum atomic E-state index is 13.8. The van der Waals surface area contributed by atoms with E-state index >= 15 is 0 Å². The topological polar surface area (TPSA) is 91.0 Å². The van der Waals surface area contributed by atoms with Gasteiger partial charge in [-0.2, -0.15) is 5.26 Å². The molecule has 2 aromatic carbocycles. The highest BCUT2D eigenvalue weighted by atomic mass is 16.1. The molecule has 5 rings (SSSR count). The van der Waals surface area contributed by atoms with E-state index in [-0.39, 0.29) is 23.8 Å². The summed E-state index contributed by atoms with van der Waals surface area (Å²) in [6, 6.07) is 21.1. The van der Waals surface area contributed by atoms with Gasteiger partial charge >= 0.3 is 0 Å². The molecule has 1 amide bonds. The van der Waals surface area contributed by atoms with E-state index in [4.69, 9.17) is 4.98 Å². The van der Waals surface area contributed by atoms with E-state index in [0.717, 1.165) is 91.6 Å². The molecule has 1 aliphatic heterocycles.